The van der Waals surface area contributed by atoms with E-state index in [4.69, 9.17) is 0 Å². The maximum absolute atomic E-state index is 13.1. The van der Waals surface area contributed by atoms with Crippen LogP contribution in [0.4, 0.5) is 5.13 Å². The van der Waals surface area contributed by atoms with Crippen LogP contribution in [0.15, 0.2) is 36.5 Å². The SMILES string of the molecule is CCN(CC)CCN(C(=O)c1ccn(CC)n1)c1nc2ccccc2s1.Cl. The third-order valence-electron chi connectivity index (χ3n) is 4.48. The van der Waals surface area contributed by atoms with Gasteiger partial charge in [0.05, 0.1) is 10.2 Å². The third-order valence-corrected chi connectivity index (χ3v) is 5.54. The maximum Gasteiger partial charge on any atom is 0.280 e. The standard InChI is InChI=1S/C19H25N5OS.ClH/c1-4-22(5-2)13-14-24(18(25)16-11-12-23(6-3)21-16)19-20-15-9-7-8-10-17(15)26-19;/h7-12H,4-6,13-14H2,1-3H3;1H. The van der Waals surface area contributed by atoms with E-state index in [1.54, 1.807) is 27.0 Å². The number of carbonyl (C=O) groups excluding carboxylic acids is 1. The summed E-state index contributed by atoms with van der Waals surface area (Å²) in [6.07, 6.45) is 1.84. The second-order valence-corrected chi connectivity index (χ2v) is 7.01. The highest BCUT2D eigenvalue weighted by Gasteiger charge is 2.23. The lowest BCUT2D eigenvalue weighted by Crippen LogP contribution is -2.39. The first kappa shape index (κ1) is 21.3. The zero-order valence-corrected chi connectivity index (χ0v) is 17.6. The Labute approximate surface area is 170 Å². The number of hydrogen-bond donors (Lipinski definition) is 0. The minimum absolute atomic E-state index is 0. The fourth-order valence-electron chi connectivity index (χ4n) is 2.83. The van der Waals surface area contributed by atoms with Crippen molar-refractivity contribution in [1.82, 2.24) is 19.7 Å². The fourth-order valence-corrected chi connectivity index (χ4v) is 3.82. The number of rotatable bonds is 8. The van der Waals surface area contributed by atoms with Crippen LogP contribution in [-0.4, -0.2) is 51.8 Å². The predicted octanol–water partition coefficient (Wildman–Crippen LogP) is 3.92. The van der Waals surface area contributed by atoms with Gasteiger partial charge in [-0.1, -0.05) is 37.3 Å². The molecular formula is C19H26ClN5OS. The van der Waals surface area contributed by atoms with Gasteiger partial charge in [0.15, 0.2) is 10.8 Å². The van der Waals surface area contributed by atoms with E-state index < -0.39 is 0 Å². The number of amides is 1. The predicted molar refractivity (Wildman–Crippen MR) is 114 cm³/mol. The summed E-state index contributed by atoms with van der Waals surface area (Å²) in [5, 5.41) is 5.12. The van der Waals surface area contributed by atoms with Crippen molar-refractivity contribution in [2.24, 2.45) is 0 Å². The monoisotopic (exact) mass is 407 g/mol. The van der Waals surface area contributed by atoms with Gasteiger partial charge in [-0.15, -0.1) is 12.4 Å². The van der Waals surface area contributed by atoms with Crippen LogP contribution < -0.4 is 4.90 Å². The van der Waals surface area contributed by atoms with E-state index in [-0.39, 0.29) is 18.3 Å². The summed E-state index contributed by atoms with van der Waals surface area (Å²) in [5.41, 5.74) is 1.39. The van der Waals surface area contributed by atoms with Gasteiger partial charge in [-0.3, -0.25) is 14.4 Å². The number of hydrogen-bond acceptors (Lipinski definition) is 5. The Morgan fingerprint density at radius 1 is 1.11 bits per heavy atom. The van der Waals surface area contributed by atoms with Crippen LogP contribution in [0.25, 0.3) is 10.2 Å². The first-order valence-corrected chi connectivity index (χ1v) is 9.91. The second-order valence-electron chi connectivity index (χ2n) is 6.00. The van der Waals surface area contributed by atoms with Crippen LogP contribution in [0, 0.1) is 0 Å². The molecule has 27 heavy (non-hydrogen) atoms. The molecule has 0 aliphatic rings. The highest BCUT2D eigenvalue weighted by atomic mass is 35.5. The number of fused-ring (bicyclic) bond motifs is 1. The Morgan fingerprint density at radius 2 is 1.85 bits per heavy atom. The smallest absolute Gasteiger partial charge is 0.280 e. The lowest BCUT2D eigenvalue weighted by molar-refractivity contribution is 0.0978. The summed E-state index contributed by atoms with van der Waals surface area (Å²) < 4.78 is 2.86. The number of aryl methyl sites for hydroxylation is 1. The van der Waals surface area contributed by atoms with Crippen LogP contribution >= 0.6 is 23.7 Å². The normalized spacial score (nSPS) is 11.0. The molecule has 0 saturated carbocycles. The molecular weight excluding hydrogens is 382 g/mol. The van der Waals surface area contributed by atoms with E-state index in [9.17, 15) is 4.79 Å². The number of halogens is 1. The van der Waals surface area contributed by atoms with E-state index in [2.05, 4.69) is 28.8 Å². The Bertz CT molecular complexity index is 841. The number of para-hydroxylation sites is 1. The average molecular weight is 408 g/mol. The number of anilines is 1. The minimum atomic E-state index is -0.0941. The van der Waals surface area contributed by atoms with Gasteiger partial charge in [0.2, 0.25) is 0 Å². The molecule has 0 aliphatic heterocycles. The molecule has 6 nitrogen and oxygen atoms in total. The molecule has 0 saturated heterocycles. The first-order valence-electron chi connectivity index (χ1n) is 9.09. The Morgan fingerprint density at radius 3 is 2.48 bits per heavy atom. The van der Waals surface area contributed by atoms with Crippen molar-refractivity contribution in [3.63, 3.8) is 0 Å². The summed E-state index contributed by atoms with van der Waals surface area (Å²) in [7, 11) is 0. The molecule has 0 fully saturated rings. The largest absolute Gasteiger partial charge is 0.302 e. The zero-order chi connectivity index (χ0) is 18.5. The molecule has 0 radical (unpaired) electrons. The van der Waals surface area contributed by atoms with E-state index in [1.807, 2.05) is 37.4 Å². The van der Waals surface area contributed by atoms with Crippen LogP contribution in [0.3, 0.4) is 0 Å². The number of likely N-dealkylation sites (N-methyl/N-ethyl adjacent to an activating group) is 1. The number of nitrogens with zero attached hydrogens (tertiary/aromatic N) is 5. The highest BCUT2D eigenvalue weighted by Crippen LogP contribution is 2.29. The molecule has 2 heterocycles. The number of thiazole rings is 1. The van der Waals surface area contributed by atoms with Crippen LogP contribution in [0.5, 0.6) is 0 Å². The Balaban J connectivity index is 0.00000261. The summed E-state index contributed by atoms with van der Waals surface area (Å²) in [6, 6.07) is 9.76. The van der Waals surface area contributed by atoms with E-state index in [0.29, 0.717) is 12.2 Å². The molecule has 3 rings (SSSR count). The van der Waals surface area contributed by atoms with Gasteiger partial charge >= 0.3 is 0 Å². The molecule has 0 aliphatic carbocycles. The van der Waals surface area contributed by atoms with Crippen molar-refractivity contribution >= 4 is 45.0 Å². The summed E-state index contributed by atoms with van der Waals surface area (Å²) in [4.78, 5) is 21.9. The van der Waals surface area contributed by atoms with Crippen LogP contribution in [0.2, 0.25) is 0 Å². The topological polar surface area (TPSA) is 54.3 Å². The minimum Gasteiger partial charge on any atom is -0.302 e. The molecule has 0 bridgehead atoms. The van der Waals surface area contributed by atoms with Gasteiger partial charge in [0, 0.05) is 25.8 Å². The molecule has 2 aromatic heterocycles. The number of carbonyl (C=O) groups is 1. The van der Waals surface area contributed by atoms with Crippen molar-refractivity contribution in [2.45, 2.75) is 27.3 Å². The molecule has 0 N–H and O–H groups in total. The quantitative estimate of drug-likeness (QED) is 0.567. The van der Waals surface area contributed by atoms with Crippen molar-refractivity contribution in [1.29, 1.82) is 0 Å². The molecule has 3 aromatic rings. The van der Waals surface area contributed by atoms with Crippen LogP contribution in [0.1, 0.15) is 31.3 Å². The third kappa shape index (κ3) is 4.86. The van der Waals surface area contributed by atoms with Crippen molar-refractivity contribution in [3.05, 3.63) is 42.2 Å². The molecule has 1 aromatic carbocycles. The fraction of sp³-hybridized carbons (Fsp3) is 0.421. The Hall–Kier alpha value is -1.96. The lowest BCUT2D eigenvalue weighted by Gasteiger charge is -2.24. The number of aromatic nitrogens is 3. The van der Waals surface area contributed by atoms with E-state index in [0.717, 1.165) is 41.5 Å². The summed E-state index contributed by atoms with van der Waals surface area (Å²) >= 11 is 1.55. The summed E-state index contributed by atoms with van der Waals surface area (Å²) in [6.45, 7) is 10.3. The van der Waals surface area contributed by atoms with E-state index >= 15 is 0 Å². The summed E-state index contributed by atoms with van der Waals surface area (Å²) in [5.74, 6) is -0.0941. The Kier molecular flexibility index (Phi) is 7.77. The van der Waals surface area contributed by atoms with Crippen molar-refractivity contribution in [2.75, 3.05) is 31.1 Å². The van der Waals surface area contributed by atoms with Crippen molar-refractivity contribution < 1.29 is 4.79 Å². The van der Waals surface area contributed by atoms with Gasteiger partial charge in [-0.25, -0.2) is 4.98 Å². The second kappa shape index (κ2) is 9.82. The van der Waals surface area contributed by atoms with Gasteiger partial charge in [-0.05, 0) is 38.2 Å². The molecule has 1 amide bonds. The zero-order valence-electron chi connectivity index (χ0n) is 16.0. The molecule has 0 unspecified atom stereocenters. The van der Waals surface area contributed by atoms with Gasteiger partial charge in [0.1, 0.15) is 0 Å². The maximum atomic E-state index is 13.1. The van der Waals surface area contributed by atoms with Gasteiger partial charge in [0.25, 0.3) is 5.91 Å². The molecule has 8 heteroatoms. The molecule has 146 valence electrons. The van der Waals surface area contributed by atoms with Gasteiger partial charge in [-0.2, -0.15) is 5.10 Å². The lowest BCUT2D eigenvalue weighted by atomic mass is 10.3. The van der Waals surface area contributed by atoms with Gasteiger partial charge < -0.3 is 4.90 Å². The van der Waals surface area contributed by atoms with E-state index in [1.165, 1.54) is 0 Å². The number of benzene rings is 1. The van der Waals surface area contributed by atoms with Crippen LogP contribution in [-0.2, 0) is 6.54 Å². The van der Waals surface area contributed by atoms with Crippen molar-refractivity contribution in [3.8, 4) is 0 Å². The molecule has 0 spiro atoms. The molecule has 0 atom stereocenters. The average Bonchev–Trinajstić information content (AvgIpc) is 3.31. The first-order chi connectivity index (χ1) is 12.7. The highest BCUT2D eigenvalue weighted by molar-refractivity contribution is 7.22.